The van der Waals surface area contributed by atoms with E-state index in [1.807, 2.05) is 13.8 Å². The molecule has 0 spiro atoms. The molecule has 0 radical (unpaired) electrons. The molecule has 0 aliphatic carbocycles. The number of aromatic nitrogens is 1. The molecular weight excluding hydrogens is 254 g/mol. The van der Waals surface area contributed by atoms with E-state index in [9.17, 15) is 9.59 Å². The van der Waals surface area contributed by atoms with E-state index in [0.29, 0.717) is 15.7 Å². The van der Waals surface area contributed by atoms with Crippen molar-refractivity contribution in [3.63, 3.8) is 0 Å². The van der Waals surface area contributed by atoms with Gasteiger partial charge >= 0.3 is 5.97 Å². The Bertz CT molecular complexity index is 456. The van der Waals surface area contributed by atoms with Crippen molar-refractivity contribution in [3.05, 3.63) is 10.6 Å². The topological polar surface area (TPSA) is 85.5 Å². The maximum Gasteiger partial charge on any atom is 0.325 e. The Morgan fingerprint density at radius 1 is 1.50 bits per heavy atom. The van der Waals surface area contributed by atoms with Crippen molar-refractivity contribution in [1.29, 1.82) is 0 Å². The van der Waals surface area contributed by atoms with Gasteiger partial charge in [-0.25, -0.2) is 4.98 Å². The second kappa shape index (κ2) is 5.81. The minimum absolute atomic E-state index is 0.0791. The number of esters is 1. The van der Waals surface area contributed by atoms with E-state index < -0.39 is 5.97 Å². The molecular formula is C11H17N3O3S. The zero-order valence-electron chi connectivity index (χ0n) is 10.9. The first-order valence-corrected chi connectivity index (χ1v) is 6.29. The lowest BCUT2D eigenvalue weighted by molar-refractivity contribution is -0.141. The number of carbonyl (C=O) groups is 2. The molecule has 100 valence electrons. The van der Waals surface area contributed by atoms with Crippen molar-refractivity contribution in [2.45, 2.75) is 26.8 Å². The summed E-state index contributed by atoms with van der Waals surface area (Å²) in [4.78, 5) is 29.5. The van der Waals surface area contributed by atoms with Crippen LogP contribution in [0.15, 0.2) is 0 Å². The minimum Gasteiger partial charge on any atom is -0.468 e. The third-order valence-electron chi connectivity index (χ3n) is 2.42. The van der Waals surface area contributed by atoms with E-state index in [-0.39, 0.29) is 18.5 Å². The molecule has 1 aromatic heterocycles. The molecule has 0 saturated carbocycles. The van der Waals surface area contributed by atoms with Crippen LogP contribution < -0.4 is 5.73 Å². The zero-order valence-corrected chi connectivity index (χ0v) is 11.7. The summed E-state index contributed by atoms with van der Waals surface area (Å²) in [5.74, 6) is -0.700. The fourth-order valence-corrected chi connectivity index (χ4v) is 2.23. The fourth-order valence-electron chi connectivity index (χ4n) is 1.44. The van der Waals surface area contributed by atoms with E-state index in [1.54, 1.807) is 6.92 Å². The van der Waals surface area contributed by atoms with Crippen LogP contribution in [0.4, 0.5) is 5.13 Å². The maximum absolute atomic E-state index is 12.3. The van der Waals surface area contributed by atoms with Gasteiger partial charge in [0.2, 0.25) is 0 Å². The fraction of sp³-hybridized carbons (Fsp3) is 0.545. The molecule has 0 aliphatic heterocycles. The Hall–Kier alpha value is -1.63. The molecule has 0 aliphatic rings. The lowest BCUT2D eigenvalue weighted by atomic mass is 10.2. The molecule has 0 atom stereocenters. The second-order valence-electron chi connectivity index (χ2n) is 4.07. The number of hydrogen-bond donors (Lipinski definition) is 1. The van der Waals surface area contributed by atoms with E-state index in [4.69, 9.17) is 5.73 Å². The lowest BCUT2D eigenvalue weighted by Crippen LogP contribution is -2.41. The number of aryl methyl sites for hydroxylation is 1. The second-order valence-corrected chi connectivity index (χ2v) is 5.10. The van der Waals surface area contributed by atoms with Crippen molar-refractivity contribution < 1.29 is 14.3 Å². The maximum atomic E-state index is 12.3. The molecule has 2 N–H and O–H groups in total. The highest BCUT2D eigenvalue weighted by molar-refractivity contribution is 7.17. The molecule has 0 aromatic carbocycles. The van der Waals surface area contributed by atoms with Crippen LogP contribution >= 0.6 is 11.3 Å². The van der Waals surface area contributed by atoms with Gasteiger partial charge in [-0.15, -0.1) is 0 Å². The van der Waals surface area contributed by atoms with E-state index in [0.717, 1.165) is 11.3 Å². The monoisotopic (exact) mass is 271 g/mol. The van der Waals surface area contributed by atoms with Crippen LogP contribution in [0.5, 0.6) is 0 Å². The lowest BCUT2D eigenvalue weighted by Gasteiger charge is -2.24. The standard InChI is InChI=1S/C11H17N3O3S/c1-6(2)14(5-8(15)17-4)10(16)9-7(3)13-11(12)18-9/h6H,5H2,1-4H3,(H2,12,13). The Morgan fingerprint density at radius 3 is 2.50 bits per heavy atom. The smallest absolute Gasteiger partial charge is 0.325 e. The average Bonchev–Trinajstić information content (AvgIpc) is 2.63. The third kappa shape index (κ3) is 3.19. The summed E-state index contributed by atoms with van der Waals surface area (Å²) < 4.78 is 4.58. The summed E-state index contributed by atoms with van der Waals surface area (Å²) in [6, 6.07) is -0.112. The number of rotatable bonds is 4. The molecule has 6 nitrogen and oxygen atoms in total. The zero-order chi connectivity index (χ0) is 13.9. The van der Waals surface area contributed by atoms with Crippen molar-refractivity contribution >= 4 is 28.3 Å². The van der Waals surface area contributed by atoms with Crippen molar-refractivity contribution in [3.8, 4) is 0 Å². The van der Waals surface area contributed by atoms with Crippen LogP contribution in [0.1, 0.15) is 29.2 Å². The first kappa shape index (κ1) is 14.4. The molecule has 7 heteroatoms. The minimum atomic E-state index is -0.452. The first-order valence-electron chi connectivity index (χ1n) is 5.47. The largest absolute Gasteiger partial charge is 0.468 e. The highest BCUT2D eigenvalue weighted by atomic mass is 32.1. The summed E-state index contributed by atoms with van der Waals surface area (Å²) in [5, 5.41) is 0.345. The molecule has 1 amide bonds. The molecule has 0 fully saturated rings. The number of anilines is 1. The summed E-state index contributed by atoms with van der Waals surface area (Å²) in [6.45, 7) is 5.31. The Balaban J connectivity index is 2.96. The molecule has 1 aromatic rings. The average molecular weight is 271 g/mol. The summed E-state index contributed by atoms with van der Waals surface area (Å²) >= 11 is 1.13. The van der Waals surface area contributed by atoms with E-state index >= 15 is 0 Å². The molecule has 0 bridgehead atoms. The van der Waals surface area contributed by atoms with Gasteiger partial charge in [0.05, 0.1) is 12.8 Å². The quantitative estimate of drug-likeness (QED) is 0.827. The number of ether oxygens (including phenoxy) is 1. The van der Waals surface area contributed by atoms with Crippen LogP contribution in [-0.2, 0) is 9.53 Å². The summed E-state index contributed by atoms with van der Waals surface area (Å²) in [5.41, 5.74) is 6.15. The number of hydrogen-bond acceptors (Lipinski definition) is 6. The van der Waals surface area contributed by atoms with Crippen LogP contribution in [0.2, 0.25) is 0 Å². The highest BCUT2D eigenvalue weighted by Crippen LogP contribution is 2.22. The number of nitrogens with zero attached hydrogens (tertiary/aromatic N) is 2. The van der Waals surface area contributed by atoms with Crippen LogP contribution in [0.25, 0.3) is 0 Å². The Labute approximate surface area is 110 Å². The number of amides is 1. The van der Waals surface area contributed by atoms with Gasteiger partial charge in [0, 0.05) is 6.04 Å². The van der Waals surface area contributed by atoms with Gasteiger partial charge in [0.15, 0.2) is 5.13 Å². The van der Waals surface area contributed by atoms with Gasteiger partial charge < -0.3 is 15.4 Å². The SMILES string of the molecule is COC(=O)CN(C(=O)c1sc(N)nc1C)C(C)C. The van der Waals surface area contributed by atoms with E-state index in [1.165, 1.54) is 12.0 Å². The molecule has 0 saturated heterocycles. The van der Waals surface area contributed by atoms with Crippen molar-refractivity contribution in [1.82, 2.24) is 9.88 Å². The van der Waals surface area contributed by atoms with Gasteiger partial charge in [-0.05, 0) is 20.8 Å². The van der Waals surface area contributed by atoms with Gasteiger partial charge in [-0.3, -0.25) is 9.59 Å². The molecule has 1 heterocycles. The summed E-state index contributed by atoms with van der Waals surface area (Å²) in [6.07, 6.45) is 0. The third-order valence-corrected chi connectivity index (χ3v) is 3.39. The number of carbonyl (C=O) groups excluding carboxylic acids is 2. The predicted octanol–water partition coefficient (Wildman–Crippen LogP) is 1.06. The predicted molar refractivity (Wildman–Crippen MR) is 69.5 cm³/mol. The Morgan fingerprint density at radius 2 is 2.11 bits per heavy atom. The number of thiazole rings is 1. The first-order chi connectivity index (χ1) is 8.36. The van der Waals surface area contributed by atoms with E-state index in [2.05, 4.69) is 9.72 Å². The highest BCUT2D eigenvalue weighted by Gasteiger charge is 2.25. The number of methoxy groups -OCH3 is 1. The van der Waals surface area contributed by atoms with Crippen LogP contribution in [0.3, 0.4) is 0 Å². The summed E-state index contributed by atoms with van der Waals surface area (Å²) in [7, 11) is 1.29. The number of nitrogens with two attached hydrogens (primary N) is 1. The van der Waals surface area contributed by atoms with Gasteiger partial charge in [0.25, 0.3) is 5.91 Å². The Kier molecular flexibility index (Phi) is 4.66. The van der Waals surface area contributed by atoms with Gasteiger partial charge in [0.1, 0.15) is 11.4 Å². The normalized spacial score (nSPS) is 10.5. The van der Waals surface area contributed by atoms with Crippen LogP contribution in [-0.4, -0.2) is 41.5 Å². The van der Waals surface area contributed by atoms with Crippen LogP contribution in [0, 0.1) is 6.92 Å². The number of nitrogen functional groups attached to an aromatic ring is 1. The van der Waals surface area contributed by atoms with Crippen molar-refractivity contribution in [2.24, 2.45) is 0 Å². The van der Waals surface area contributed by atoms with Gasteiger partial charge in [-0.2, -0.15) is 0 Å². The molecule has 18 heavy (non-hydrogen) atoms. The molecule has 1 rings (SSSR count). The van der Waals surface area contributed by atoms with Gasteiger partial charge in [-0.1, -0.05) is 11.3 Å². The van der Waals surface area contributed by atoms with Crippen molar-refractivity contribution in [2.75, 3.05) is 19.4 Å². The molecule has 0 unspecified atom stereocenters.